The van der Waals surface area contributed by atoms with Gasteiger partial charge in [-0.2, -0.15) is 0 Å². The van der Waals surface area contributed by atoms with Crippen molar-refractivity contribution in [1.82, 2.24) is 9.55 Å². The lowest BCUT2D eigenvalue weighted by atomic mass is 10.2. The topological polar surface area (TPSA) is 38.1 Å². The molecular formula is C13H10N2O. The van der Waals surface area contributed by atoms with Crippen LogP contribution in [-0.2, 0) is 0 Å². The van der Waals surface area contributed by atoms with E-state index in [1.807, 2.05) is 41.0 Å². The fourth-order valence-electron chi connectivity index (χ4n) is 1.79. The van der Waals surface area contributed by atoms with Gasteiger partial charge in [-0.25, -0.2) is 4.98 Å². The minimum atomic E-state index is 0.255. The maximum Gasteiger partial charge on any atom is 0.117 e. The van der Waals surface area contributed by atoms with E-state index in [-0.39, 0.29) is 5.75 Å². The SMILES string of the molecule is Oc1ccc2ncn(-c3ccccc3)c2c1. The lowest BCUT2D eigenvalue weighted by Crippen LogP contribution is -1.90. The van der Waals surface area contributed by atoms with Crippen molar-refractivity contribution in [2.45, 2.75) is 0 Å². The van der Waals surface area contributed by atoms with Gasteiger partial charge in [-0.1, -0.05) is 18.2 Å². The van der Waals surface area contributed by atoms with Crippen molar-refractivity contribution >= 4 is 11.0 Å². The van der Waals surface area contributed by atoms with Crippen molar-refractivity contribution in [3.63, 3.8) is 0 Å². The summed E-state index contributed by atoms with van der Waals surface area (Å²) in [5.74, 6) is 0.255. The highest BCUT2D eigenvalue weighted by Gasteiger charge is 2.04. The number of aromatic hydroxyl groups is 1. The second-order valence-corrected chi connectivity index (χ2v) is 3.62. The Kier molecular flexibility index (Phi) is 1.90. The molecule has 0 radical (unpaired) electrons. The molecule has 1 heterocycles. The summed E-state index contributed by atoms with van der Waals surface area (Å²) in [6.45, 7) is 0. The van der Waals surface area contributed by atoms with Gasteiger partial charge in [-0.3, -0.25) is 4.57 Å². The molecule has 3 rings (SSSR count). The van der Waals surface area contributed by atoms with Gasteiger partial charge in [0.05, 0.1) is 11.0 Å². The molecule has 3 aromatic rings. The molecule has 2 aromatic carbocycles. The third-order valence-electron chi connectivity index (χ3n) is 2.57. The van der Waals surface area contributed by atoms with E-state index in [4.69, 9.17) is 0 Å². The summed E-state index contributed by atoms with van der Waals surface area (Å²) >= 11 is 0. The molecule has 3 heteroatoms. The smallest absolute Gasteiger partial charge is 0.117 e. The first-order chi connectivity index (χ1) is 7.84. The van der Waals surface area contributed by atoms with Crippen LogP contribution in [0, 0.1) is 0 Å². The molecule has 0 amide bonds. The Morgan fingerprint density at radius 3 is 2.62 bits per heavy atom. The Balaban J connectivity index is 2.29. The number of phenols is 1. The number of aromatic nitrogens is 2. The van der Waals surface area contributed by atoms with E-state index >= 15 is 0 Å². The van der Waals surface area contributed by atoms with Crippen molar-refractivity contribution < 1.29 is 5.11 Å². The van der Waals surface area contributed by atoms with Gasteiger partial charge in [-0.05, 0) is 24.3 Å². The van der Waals surface area contributed by atoms with Crippen LogP contribution < -0.4 is 0 Å². The van der Waals surface area contributed by atoms with Gasteiger partial charge in [0.25, 0.3) is 0 Å². The largest absolute Gasteiger partial charge is 0.508 e. The van der Waals surface area contributed by atoms with E-state index in [0.717, 1.165) is 16.7 Å². The van der Waals surface area contributed by atoms with Crippen molar-refractivity contribution in [2.75, 3.05) is 0 Å². The molecule has 1 N–H and O–H groups in total. The van der Waals surface area contributed by atoms with Crippen LogP contribution in [0.5, 0.6) is 5.75 Å². The Morgan fingerprint density at radius 2 is 1.81 bits per heavy atom. The molecule has 0 aliphatic rings. The maximum atomic E-state index is 9.48. The number of imidazole rings is 1. The van der Waals surface area contributed by atoms with Gasteiger partial charge in [0.15, 0.2) is 0 Å². The number of rotatable bonds is 1. The molecular weight excluding hydrogens is 200 g/mol. The molecule has 0 unspecified atom stereocenters. The van der Waals surface area contributed by atoms with Crippen molar-refractivity contribution in [1.29, 1.82) is 0 Å². The quantitative estimate of drug-likeness (QED) is 0.670. The van der Waals surface area contributed by atoms with Crippen LogP contribution in [0.15, 0.2) is 54.9 Å². The van der Waals surface area contributed by atoms with E-state index in [9.17, 15) is 5.11 Å². The van der Waals surface area contributed by atoms with Crippen molar-refractivity contribution in [2.24, 2.45) is 0 Å². The average molecular weight is 210 g/mol. The molecule has 0 aliphatic heterocycles. The van der Waals surface area contributed by atoms with Crippen LogP contribution >= 0.6 is 0 Å². The van der Waals surface area contributed by atoms with E-state index in [1.165, 1.54) is 0 Å². The second kappa shape index (κ2) is 3.38. The van der Waals surface area contributed by atoms with Crippen LogP contribution in [0.3, 0.4) is 0 Å². The van der Waals surface area contributed by atoms with E-state index in [0.29, 0.717) is 0 Å². The van der Waals surface area contributed by atoms with Gasteiger partial charge in [0.2, 0.25) is 0 Å². The third-order valence-corrected chi connectivity index (χ3v) is 2.57. The third kappa shape index (κ3) is 1.34. The predicted octanol–water partition coefficient (Wildman–Crippen LogP) is 2.73. The zero-order chi connectivity index (χ0) is 11.0. The number of hydrogen-bond acceptors (Lipinski definition) is 2. The molecule has 0 atom stereocenters. The normalized spacial score (nSPS) is 10.8. The van der Waals surface area contributed by atoms with Crippen molar-refractivity contribution in [3.8, 4) is 11.4 Å². The number of nitrogens with zero attached hydrogens (tertiary/aromatic N) is 2. The molecule has 78 valence electrons. The van der Waals surface area contributed by atoms with Gasteiger partial charge < -0.3 is 5.11 Å². The highest BCUT2D eigenvalue weighted by atomic mass is 16.3. The fourth-order valence-corrected chi connectivity index (χ4v) is 1.79. The molecule has 0 fully saturated rings. The number of para-hydroxylation sites is 1. The highest BCUT2D eigenvalue weighted by Crippen LogP contribution is 2.21. The zero-order valence-corrected chi connectivity index (χ0v) is 8.54. The molecule has 0 aliphatic carbocycles. The number of phenolic OH excluding ortho intramolecular Hbond substituents is 1. The van der Waals surface area contributed by atoms with Crippen LogP contribution in [0.1, 0.15) is 0 Å². The Hall–Kier alpha value is -2.29. The highest BCUT2D eigenvalue weighted by molar-refractivity contribution is 5.78. The summed E-state index contributed by atoms with van der Waals surface area (Å²) in [4.78, 5) is 4.29. The predicted molar refractivity (Wildman–Crippen MR) is 62.7 cm³/mol. The minimum Gasteiger partial charge on any atom is -0.508 e. The van der Waals surface area contributed by atoms with Crippen LogP contribution in [0.2, 0.25) is 0 Å². The lowest BCUT2D eigenvalue weighted by molar-refractivity contribution is 0.476. The average Bonchev–Trinajstić information content (AvgIpc) is 2.73. The monoisotopic (exact) mass is 210 g/mol. The molecule has 1 aromatic heterocycles. The second-order valence-electron chi connectivity index (χ2n) is 3.62. The number of hydrogen-bond donors (Lipinski definition) is 1. The van der Waals surface area contributed by atoms with Crippen molar-refractivity contribution in [3.05, 3.63) is 54.9 Å². The van der Waals surface area contributed by atoms with Crippen LogP contribution in [0.25, 0.3) is 16.7 Å². The Bertz CT molecular complexity index is 629. The Labute approximate surface area is 92.6 Å². The summed E-state index contributed by atoms with van der Waals surface area (Å²) in [6, 6.07) is 15.1. The van der Waals surface area contributed by atoms with E-state index in [1.54, 1.807) is 18.5 Å². The molecule has 0 bridgehead atoms. The molecule has 16 heavy (non-hydrogen) atoms. The number of benzene rings is 2. The summed E-state index contributed by atoms with van der Waals surface area (Å²) in [7, 11) is 0. The summed E-state index contributed by atoms with van der Waals surface area (Å²) in [6.07, 6.45) is 1.76. The molecule has 0 spiro atoms. The summed E-state index contributed by atoms with van der Waals surface area (Å²) in [5.41, 5.74) is 2.82. The first-order valence-electron chi connectivity index (χ1n) is 5.06. The van der Waals surface area contributed by atoms with Gasteiger partial charge in [0, 0.05) is 11.8 Å². The van der Waals surface area contributed by atoms with Crippen LogP contribution in [0.4, 0.5) is 0 Å². The van der Waals surface area contributed by atoms with Gasteiger partial charge in [0.1, 0.15) is 12.1 Å². The standard InChI is InChI=1S/C13H10N2O/c16-11-6-7-12-13(8-11)15(9-14-12)10-4-2-1-3-5-10/h1-9,16H. The molecule has 3 nitrogen and oxygen atoms in total. The van der Waals surface area contributed by atoms with Crippen LogP contribution in [-0.4, -0.2) is 14.7 Å². The van der Waals surface area contributed by atoms with Gasteiger partial charge in [-0.15, -0.1) is 0 Å². The summed E-state index contributed by atoms with van der Waals surface area (Å²) in [5, 5.41) is 9.48. The number of fused-ring (bicyclic) bond motifs is 1. The lowest BCUT2D eigenvalue weighted by Gasteiger charge is -2.03. The first kappa shape index (κ1) is 8.97. The zero-order valence-electron chi connectivity index (χ0n) is 8.54. The summed E-state index contributed by atoms with van der Waals surface area (Å²) < 4.78 is 1.95. The van der Waals surface area contributed by atoms with Gasteiger partial charge >= 0.3 is 0 Å². The molecule has 0 saturated heterocycles. The van der Waals surface area contributed by atoms with E-state index in [2.05, 4.69) is 4.98 Å². The first-order valence-corrected chi connectivity index (χ1v) is 5.06. The maximum absolute atomic E-state index is 9.48. The molecule has 0 saturated carbocycles. The fraction of sp³-hybridized carbons (Fsp3) is 0. The van der Waals surface area contributed by atoms with E-state index < -0.39 is 0 Å². The Morgan fingerprint density at radius 1 is 1.00 bits per heavy atom. The minimum absolute atomic E-state index is 0.255.